The molecule has 84 valence electrons. The van der Waals surface area contributed by atoms with E-state index in [-0.39, 0.29) is 17.7 Å². The first kappa shape index (κ1) is 12.1. The number of aliphatic hydroxyl groups is 1. The summed E-state index contributed by atoms with van der Waals surface area (Å²) in [5.74, 6) is -0.332. The minimum absolute atomic E-state index is 0.125. The highest BCUT2D eigenvalue weighted by Crippen LogP contribution is 2.14. The molecule has 0 amide bonds. The van der Waals surface area contributed by atoms with E-state index in [1.165, 1.54) is 0 Å². The van der Waals surface area contributed by atoms with Crippen molar-refractivity contribution in [1.82, 2.24) is 0 Å². The molecule has 0 aromatic heterocycles. The molecule has 0 heterocycles. The van der Waals surface area contributed by atoms with Crippen LogP contribution >= 0.6 is 0 Å². The number of diazo groups is 1. The SMILES string of the molecule is CC(C)O/C(O)=C(/Cc1ccccc1)[N+]#N. The van der Waals surface area contributed by atoms with Crippen molar-refractivity contribution < 1.29 is 9.84 Å². The standard InChI is InChI=1S/C12H14N2O2/c1-9(2)16-12(15)11(14-13)8-10-6-4-3-5-7-10/h3-7,9H,8H2,1-2H3/p+1/b12-11-. The molecule has 0 aliphatic carbocycles. The van der Waals surface area contributed by atoms with Crippen LogP contribution in [0.5, 0.6) is 0 Å². The normalized spacial score (nSPS) is 11.9. The van der Waals surface area contributed by atoms with Gasteiger partial charge in [-0.1, -0.05) is 30.3 Å². The maximum Gasteiger partial charge on any atom is 0.444 e. The van der Waals surface area contributed by atoms with Crippen LogP contribution in [0.3, 0.4) is 0 Å². The van der Waals surface area contributed by atoms with E-state index in [2.05, 4.69) is 4.98 Å². The van der Waals surface area contributed by atoms with Crippen LogP contribution in [0.1, 0.15) is 19.4 Å². The first-order valence-electron chi connectivity index (χ1n) is 5.11. The smallest absolute Gasteiger partial charge is 0.444 e. The quantitative estimate of drug-likeness (QED) is 0.624. The van der Waals surface area contributed by atoms with Gasteiger partial charge in [0.15, 0.2) is 4.98 Å². The Bertz CT molecular complexity index is 405. The van der Waals surface area contributed by atoms with Crippen LogP contribution in [0.15, 0.2) is 42.0 Å². The van der Waals surface area contributed by atoms with Gasteiger partial charge in [0.05, 0.1) is 12.5 Å². The van der Waals surface area contributed by atoms with E-state index < -0.39 is 0 Å². The zero-order valence-corrected chi connectivity index (χ0v) is 9.42. The predicted molar refractivity (Wildman–Crippen MR) is 61.1 cm³/mol. The minimum atomic E-state index is -0.332. The fourth-order valence-corrected chi connectivity index (χ4v) is 1.23. The summed E-state index contributed by atoms with van der Waals surface area (Å²) in [5.41, 5.74) is 1.06. The number of aliphatic hydroxyl groups excluding tert-OH is 1. The van der Waals surface area contributed by atoms with Gasteiger partial charge < -0.3 is 9.84 Å². The largest absolute Gasteiger partial charge is 0.475 e. The molecule has 1 aromatic rings. The van der Waals surface area contributed by atoms with E-state index in [0.717, 1.165) is 5.56 Å². The van der Waals surface area contributed by atoms with Gasteiger partial charge >= 0.3 is 11.6 Å². The summed E-state index contributed by atoms with van der Waals surface area (Å²) < 4.78 is 5.06. The molecule has 0 fully saturated rings. The van der Waals surface area contributed by atoms with Crippen LogP contribution in [-0.2, 0) is 11.2 Å². The van der Waals surface area contributed by atoms with Crippen LogP contribution in [0.2, 0.25) is 0 Å². The van der Waals surface area contributed by atoms with Gasteiger partial charge in [-0.25, -0.2) is 0 Å². The minimum Gasteiger partial charge on any atom is -0.475 e. The summed E-state index contributed by atoms with van der Waals surface area (Å²) in [5, 5.41) is 18.3. The topological polar surface area (TPSA) is 57.6 Å². The third-order valence-electron chi connectivity index (χ3n) is 1.93. The summed E-state index contributed by atoms with van der Waals surface area (Å²) in [6.45, 7) is 3.57. The number of hydrogen-bond donors (Lipinski definition) is 1. The molecule has 16 heavy (non-hydrogen) atoms. The van der Waals surface area contributed by atoms with Gasteiger partial charge in [-0.3, -0.25) is 0 Å². The lowest BCUT2D eigenvalue weighted by molar-refractivity contribution is 0.0487. The Labute approximate surface area is 94.8 Å². The highest BCUT2D eigenvalue weighted by Gasteiger charge is 2.21. The zero-order valence-electron chi connectivity index (χ0n) is 9.42. The number of ether oxygens (including phenoxy) is 1. The lowest BCUT2D eigenvalue weighted by atomic mass is 10.1. The fraction of sp³-hybridized carbons (Fsp3) is 0.333. The van der Waals surface area contributed by atoms with Gasteiger partial charge in [0.2, 0.25) is 5.39 Å². The van der Waals surface area contributed by atoms with Gasteiger partial charge in [-0.15, -0.1) is 0 Å². The second-order valence-electron chi connectivity index (χ2n) is 3.68. The van der Waals surface area contributed by atoms with E-state index in [4.69, 9.17) is 10.1 Å². The third kappa shape index (κ3) is 3.62. The van der Waals surface area contributed by atoms with E-state index in [0.29, 0.717) is 6.42 Å². The van der Waals surface area contributed by atoms with Gasteiger partial charge in [0, 0.05) is 0 Å². The first-order chi connectivity index (χ1) is 7.63. The molecule has 0 atom stereocenters. The summed E-state index contributed by atoms with van der Waals surface area (Å²) in [4.78, 5) is 3.04. The maximum atomic E-state index is 9.54. The molecule has 0 radical (unpaired) electrons. The Hall–Kier alpha value is -2.02. The van der Waals surface area contributed by atoms with Gasteiger partial charge in [0.25, 0.3) is 0 Å². The number of nitrogens with zero attached hydrogens (tertiary/aromatic N) is 2. The van der Waals surface area contributed by atoms with Crippen molar-refractivity contribution in [1.29, 1.82) is 5.39 Å². The van der Waals surface area contributed by atoms with Gasteiger partial charge in [-0.05, 0) is 19.4 Å². The first-order valence-corrected chi connectivity index (χ1v) is 5.11. The number of allylic oxidation sites excluding steroid dienone is 1. The Morgan fingerprint density at radius 1 is 1.38 bits per heavy atom. The molecular weight excluding hydrogens is 204 g/mol. The van der Waals surface area contributed by atoms with E-state index >= 15 is 0 Å². The molecule has 0 aliphatic heterocycles. The van der Waals surface area contributed by atoms with E-state index in [1.807, 2.05) is 30.3 Å². The molecule has 0 unspecified atom stereocenters. The van der Waals surface area contributed by atoms with E-state index in [1.54, 1.807) is 13.8 Å². The van der Waals surface area contributed by atoms with Crippen molar-refractivity contribution in [2.24, 2.45) is 0 Å². The Kier molecular flexibility index (Phi) is 4.34. The lowest BCUT2D eigenvalue weighted by Gasteiger charge is -2.05. The Morgan fingerprint density at radius 3 is 2.50 bits per heavy atom. The number of hydrogen-bond acceptors (Lipinski definition) is 3. The average Bonchev–Trinajstić information content (AvgIpc) is 2.26. The van der Waals surface area contributed by atoms with Crippen molar-refractivity contribution in [2.75, 3.05) is 0 Å². The van der Waals surface area contributed by atoms with Crippen LogP contribution in [0.4, 0.5) is 0 Å². The Balaban J connectivity index is 2.81. The molecular formula is C12H15N2O2+. The third-order valence-corrected chi connectivity index (χ3v) is 1.93. The molecule has 0 saturated heterocycles. The van der Waals surface area contributed by atoms with Crippen molar-refractivity contribution in [2.45, 2.75) is 26.4 Å². The van der Waals surface area contributed by atoms with Crippen LogP contribution < -0.4 is 0 Å². The highest BCUT2D eigenvalue weighted by atomic mass is 16.6. The lowest BCUT2D eigenvalue weighted by Crippen LogP contribution is -2.04. The fourth-order valence-electron chi connectivity index (χ4n) is 1.23. The second-order valence-corrected chi connectivity index (χ2v) is 3.68. The molecule has 0 bridgehead atoms. The monoisotopic (exact) mass is 219 g/mol. The predicted octanol–water partition coefficient (Wildman–Crippen LogP) is 3.23. The van der Waals surface area contributed by atoms with Crippen molar-refractivity contribution in [3.05, 3.63) is 52.5 Å². The number of rotatable bonds is 4. The molecule has 1 N–H and O–H groups in total. The van der Waals surface area contributed by atoms with Crippen LogP contribution in [0.25, 0.3) is 4.98 Å². The summed E-state index contributed by atoms with van der Waals surface area (Å²) in [6.07, 6.45) is 0.170. The summed E-state index contributed by atoms with van der Waals surface area (Å²) in [7, 11) is 0. The summed E-state index contributed by atoms with van der Waals surface area (Å²) >= 11 is 0. The molecule has 4 heteroatoms. The van der Waals surface area contributed by atoms with Crippen LogP contribution in [0, 0.1) is 5.39 Å². The van der Waals surface area contributed by atoms with Crippen molar-refractivity contribution in [3.8, 4) is 0 Å². The van der Waals surface area contributed by atoms with Gasteiger partial charge in [0.1, 0.15) is 0 Å². The molecule has 0 saturated carbocycles. The molecule has 4 nitrogen and oxygen atoms in total. The van der Waals surface area contributed by atoms with Crippen molar-refractivity contribution in [3.63, 3.8) is 0 Å². The van der Waals surface area contributed by atoms with Crippen LogP contribution in [-0.4, -0.2) is 11.2 Å². The zero-order chi connectivity index (χ0) is 12.0. The molecule has 1 rings (SSSR count). The van der Waals surface area contributed by atoms with Gasteiger partial charge in [-0.2, -0.15) is 0 Å². The molecule has 0 spiro atoms. The highest BCUT2D eigenvalue weighted by molar-refractivity contribution is 5.24. The summed E-state index contributed by atoms with van der Waals surface area (Å²) in [6, 6.07) is 9.42. The Morgan fingerprint density at radius 2 is 2.00 bits per heavy atom. The second kappa shape index (κ2) is 5.76. The van der Waals surface area contributed by atoms with Crippen molar-refractivity contribution >= 4 is 0 Å². The van der Waals surface area contributed by atoms with E-state index in [9.17, 15) is 5.11 Å². The maximum absolute atomic E-state index is 9.54. The number of benzene rings is 1. The molecule has 1 aromatic carbocycles. The molecule has 0 aliphatic rings. The average molecular weight is 219 g/mol.